The van der Waals surface area contributed by atoms with Crippen molar-refractivity contribution in [1.29, 1.82) is 0 Å². The van der Waals surface area contributed by atoms with Crippen LogP contribution < -0.4 is 10.6 Å². The zero-order valence-electron chi connectivity index (χ0n) is 10.9. The van der Waals surface area contributed by atoms with Gasteiger partial charge in [-0.1, -0.05) is 19.3 Å². The molecule has 5 heteroatoms. The third-order valence-corrected chi connectivity index (χ3v) is 3.27. The summed E-state index contributed by atoms with van der Waals surface area (Å²) < 4.78 is 0. The van der Waals surface area contributed by atoms with Crippen molar-refractivity contribution in [3.05, 3.63) is 0 Å². The summed E-state index contributed by atoms with van der Waals surface area (Å²) in [6.45, 7) is 0.674. The van der Waals surface area contributed by atoms with Crippen LogP contribution in [0.1, 0.15) is 51.4 Å². The van der Waals surface area contributed by atoms with Gasteiger partial charge in [-0.05, 0) is 32.1 Å². The molecule has 18 heavy (non-hydrogen) atoms. The van der Waals surface area contributed by atoms with E-state index in [1.165, 1.54) is 6.42 Å². The first-order chi connectivity index (χ1) is 8.74. The van der Waals surface area contributed by atoms with Gasteiger partial charge >= 0.3 is 11.8 Å². The second kappa shape index (κ2) is 8.91. The second-order valence-corrected chi connectivity index (χ2v) is 4.85. The molecule has 0 atom stereocenters. The summed E-state index contributed by atoms with van der Waals surface area (Å²) >= 11 is 0. The van der Waals surface area contributed by atoms with Gasteiger partial charge in [0.05, 0.1) is 0 Å². The zero-order chi connectivity index (χ0) is 13.2. The maximum Gasteiger partial charge on any atom is 0.309 e. The number of rotatable bonds is 6. The minimum absolute atomic E-state index is 0.173. The van der Waals surface area contributed by atoms with Crippen LogP contribution in [0.25, 0.3) is 0 Å². The summed E-state index contributed by atoms with van der Waals surface area (Å²) in [5.41, 5.74) is 0. The summed E-state index contributed by atoms with van der Waals surface area (Å²) in [4.78, 5) is 23.0. The first-order valence-electron chi connectivity index (χ1n) is 6.93. The highest BCUT2D eigenvalue weighted by atomic mass is 16.3. The van der Waals surface area contributed by atoms with Gasteiger partial charge in [0, 0.05) is 19.2 Å². The minimum Gasteiger partial charge on any atom is -0.396 e. The van der Waals surface area contributed by atoms with Crippen LogP contribution in [0.15, 0.2) is 0 Å². The Morgan fingerprint density at radius 3 is 2.39 bits per heavy atom. The number of aliphatic hydroxyl groups excluding tert-OH is 1. The van der Waals surface area contributed by atoms with Gasteiger partial charge in [0.25, 0.3) is 0 Å². The molecule has 5 nitrogen and oxygen atoms in total. The number of hydrogen-bond donors (Lipinski definition) is 3. The molecule has 0 aromatic rings. The number of nitrogens with one attached hydrogen (secondary N) is 2. The van der Waals surface area contributed by atoms with Crippen LogP contribution in [0, 0.1) is 0 Å². The maximum absolute atomic E-state index is 11.6. The van der Waals surface area contributed by atoms with Crippen molar-refractivity contribution in [3.8, 4) is 0 Å². The summed E-state index contributed by atoms with van der Waals surface area (Å²) in [7, 11) is 0. The predicted molar refractivity (Wildman–Crippen MR) is 69.0 cm³/mol. The Hall–Kier alpha value is -1.10. The average Bonchev–Trinajstić information content (AvgIpc) is 2.39. The third kappa shape index (κ3) is 6.00. The Kier molecular flexibility index (Phi) is 7.41. The van der Waals surface area contributed by atoms with Gasteiger partial charge in [-0.15, -0.1) is 0 Å². The molecule has 0 aromatic carbocycles. The smallest absolute Gasteiger partial charge is 0.309 e. The van der Waals surface area contributed by atoms with Gasteiger partial charge < -0.3 is 15.7 Å². The third-order valence-electron chi connectivity index (χ3n) is 3.27. The summed E-state index contributed by atoms with van der Waals surface area (Å²) in [5, 5.41) is 14.0. The molecule has 1 rings (SSSR count). The Balaban J connectivity index is 2.10. The Morgan fingerprint density at radius 1 is 1.00 bits per heavy atom. The van der Waals surface area contributed by atoms with E-state index in [1.54, 1.807) is 0 Å². The SMILES string of the molecule is O=C(NCCCCCO)C(=O)NC1CCCCC1. The predicted octanol–water partition coefficient (Wildman–Crippen LogP) is 0.714. The molecule has 1 aliphatic rings. The van der Waals surface area contributed by atoms with Crippen LogP contribution in [0.4, 0.5) is 0 Å². The lowest BCUT2D eigenvalue weighted by atomic mass is 9.95. The summed E-state index contributed by atoms with van der Waals surface area (Å²) in [6, 6.07) is 0.173. The molecule has 0 unspecified atom stereocenters. The van der Waals surface area contributed by atoms with Gasteiger partial charge in [0.15, 0.2) is 0 Å². The second-order valence-electron chi connectivity index (χ2n) is 4.85. The van der Waals surface area contributed by atoms with Crippen LogP contribution in [0.3, 0.4) is 0 Å². The molecular formula is C13H24N2O3. The molecule has 1 aliphatic carbocycles. The lowest BCUT2D eigenvalue weighted by Crippen LogP contribution is -2.45. The molecule has 0 saturated heterocycles. The Labute approximate surface area is 108 Å². The van der Waals surface area contributed by atoms with Crippen LogP contribution in [-0.2, 0) is 9.59 Å². The first kappa shape index (κ1) is 15.0. The quantitative estimate of drug-likeness (QED) is 0.484. The van der Waals surface area contributed by atoms with E-state index in [1.807, 2.05) is 0 Å². The fraction of sp³-hybridized carbons (Fsp3) is 0.846. The van der Waals surface area contributed by atoms with Gasteiger partial charge in [-0.25, -0.2) is 0 Å². The van der Waals surface area contributed by atoms with Crippen molar-refractivity contribution >= 4 is 11.8 Å². The normalized spacial score (nSPS) is 16.3. The van der Waals surface area contributed by atoms with E-state index >= 15 is 0 Å². The molecule has 1 fully saturated rings. The van der Waals surface area contributed by atoms with E-state index < -0.39 is 11.8 Å². The zero-order valence-corrected chi connectivity index (χ0v) is 10.9. The lowest BCUT2D eigenvalue weighted by Gasteiger charge is -2.22. The molecule has 0 spiro atoms. The first-order valence-corrected chi connectivity index (χ1v) is 6.93. The molecule has 0 radical (unpaired) electrons. The minimum atomic E-state index is -0.537. The average molecular weight is 256 g/mol. The van der Waals surface area contributed by atoms with Gasteiger partial charge in [0.1, 0.15) is 0 Å². The highest BCUT2D eigenvalue weighted by Crippen LogP contribution is 2.17. The highest BCUT2D eigenvalue weighted by Gasteiger charge is 2.19. The van der Waals surface area contributed by atoms with E-state index in [0.717, 1.165) is 44.9 Å². The van der Waals surface area contributed by atoms with Crippen molar-refractivity contribution in [1.82, 2.24) is 10.6 Å². The number of aliphatic hydroxyl groups is 1. The van der Waals surface area contributed by atoms with E-state index in [4.69, 9.17) is 5.11 Å². The topological polar surface area (TPSA) is 78.4 Å². The van der Waals surface area contributed by atoms with Crippen molar-refractivity contribution in [2.45, 2.75) is 57.4 Å². The fourth-order valence-corrected chi connectivity index (χ4v) is 2.19. The highest BCUT2D eigenvalue weighted by molar-refractivity contribution is 6.35. The largest absolute Gasteiger partial charge is 0.396 e. The number of carbonyl (C=O) groups is 2. The Bertz CT molecular complexity index is 263. The monoisotopic (exact) mass is 256 g/mol. The number of hydrogen-bond acceptors (Lipinski definition) is 3. The molecule has 104 valence electrons. The molecule has 0 aliphatic heterocycles. The van der Waals surface area contributed by atoms with Gasteiger partial charge in [-0.2, -0.15) is 0 Å². The molecule has 2 amide bonds. The lowest BCUT2D eigenvalue weighted by molar-refractivity contribution is -0.139. The van der Waals surface area contributed by atoms with E-state index in [2.05, 4.69) is 10.6 Å². The molecule has 0 heterocycles. The molecule has 0 bridgehead atoms. The maximum atomic E-state index is 11.6. The number of amides is 2. The van der Waals surface area contributed by atoms with Crippen LogP contribution in [0.2, 0.25) is 0 Å². The standard InChI is InChI=1S/C13H24N2O3/c16-10-6-2-5-9-14-12(17)13(18)15-11-7-3-1-4-8-11/h11,16H,1-10H2,(H,14,17)(H,15,18). The Morgan fingerprint density at radius 2 is 1.72 bits per heavy atom. The van der Waals surface area contributed by atoms with Gasteiger partial charge in [-0.3, -0.25) is 9.59 Å². The molecule has 3 N–H and O–H groups in total. The van der Waals surface area contributed by atoms with Gasteiger partial charge in [0.2, 0.25) is 0 Å². The van der Waals surface area contributed by atoms with Crippen molar-refractivity contribution in [2.24, 2.45) is 0 Å². The van der Waals surface area contributed by atoms with E-state index in [0.29, 0.717) is 6.54 Å². The van der Waals surface area contributed by atoms with E-state index in [-0.39, 0.29) is 12.6 Å². The van der Waals surface area contributed by atoms with Crippen molar-refractivity contribution in [3.63, 3.8) is 0 Å². The fourth-order valence-electron chi connectivity index (χ4n) is 2.19. The number of unbranched alkanes of at least 4 members (excludes halogenated alkanes) is 2. The molecular weight excluding hydrogens is 232 g/mol. The summed E-state index contributed by atoms with van der Waals surface area (Å²) in [6.07, 6.45) is 7.85. The number of carbonyl (C=O) groups excluding carboxylic acids is 2. The van der Waals surface area contributed by atoms with Crippen molar-refractivity contribution in [2.75, 3.05) is 13.2 Å². The van der Waals surface area contributed by atoms with E-state index in [9.17, 15) is 9.59 Å². The van der Waals surface area contributed by atoms with Crippen LogP contribution >= 0.6 is 0 Å². The molecule has 0 aromatic heterocycles. The van der Waals surface area contributed by atoms with Crippen molar-refractivity contribution < 1.29 is 14.7 Å². The molecule has 1 saturated carbocycles. The van der Waals surface area contributed by atoms with Crippen LogP contribution in [-0.4, -0.2) is 36.1 Å². The van der Waals surface area contributed by atoms with Crippen LogP contribution in [0.5, 0.6) is 0 Å². The summed E-state index contributed by atoms with van der Waals surface area (Å²) in [5.74, 6) is -1.05.